The average molecular weight is 1260 g/mol. The normalized spacial score (nSPS) is 9.55. The Kier molecular flexibility index (Phi) is 45.0. The first-order valence-corrected chi connectivity index (χ1v) is 22.8. The summed E-state index contributed by atoms with van der Waals surface area (Å²) in [6.07, 6.45) is 5.72. The molecule has 8 rings (SSSR count). The molecule has 16 nitrogen and oxygen atoms in total. The Bertz CT molecular complexity index is 2700. The fourth-order valence-electron chi connectivity index (χ4n) is 5.82. The molecule has 0 aliphatic heterocycles. The van der Waals surface area contributed by atoms with Crippen LogP contribution >= 0.6 is 0 Å². The molecule has 0 spiro atoms. The molecule has 0 aliphatic carbocycles. The van der Waals surface area contributed by atoms with Crippen LogP contribution in [0.2, 0.25) is 0 Å². The van der Waals surface area contributed by atoms with Crippen LogP contribution in [0.15, 0.2) is 190 Å². The molecular formula is C60H60N4Ni4O12. The van der Waals surface area contributed by atoms with Gasteiger partial charge < -0.3 is 61.3 Å². The molecule has 0 aliphatic rings. The van der Waals surface area contributed by atoms with E-state index >= 15 is 0 Å². The fourth-order valence-corrected chi connectivity index (χ4v) is 5.82. The molecule has 0 bridgehead atoms. The van der Waals surface area contributed by atoms with E-state index in [0.29, 0.717) is 45.0 Å². The number of para-hydroxylation sites is 4. The van der Waals surface area contributed by atoms with Crippen molar-refractivity contribution in [2.75, 3.05) is 28.4 Å². The van der Waals surface area contributed by atoms with Gasteiger partial charge in [-0.2, -0.15) is 0 Å². The van der Waals surface area contributed by atoms with Gasteiger partial charge in [-0.05, 0) is 96.5 Å². The summed E-state index contributed by atoms with van der Waals surface area (Å²) in [7, 11) is 4.00. The zero-order valence-electron chi connectivity index (χ0n) is 44.6. The van der Waals surface area contributed by atoms with Gasteiger partial charge in [0.2, 0.25) is 0 Å². The number of benzene rings is 8. The summed E-state index contributed by atoms with van der Waals surface area (Å²) in [5, 5.41) is 120. The molecular weight excluding hydrogens is 1200 g/mol. The number of aliphatic hydroxyl groups is 4. The molecule has 0 radical (unpaired) electrons. The average Bonchev–Trinajstić information content (AvgIpc) is 3.44. The molecule has 80 heavy (non-hydrogen) atoms. The van der Waals surface area contributed by atoms with Gasteiger partial charge in [0.15, 0.2) is 0 Å². The second-order valence-corrected chi connectivity index (χ2v) is 15.1. The molecule has 0 unspecified atom stereocenters. The third kappa shape index (κ3) is 29.0. The van der Waals surface area contributed by atoms with Crippen LogP contribution < -0.4 is 40.9 Å². The van der Waals surface area contributed by atoms with Gasteiger partial charge in [0.25, 0.3) is 0 Å². The number of hydrogen-bond acceptors (Lipinski definition) is 16. The van der Waals surface area contributed by atoms with Crippen LogP contribution in [0.1, 0.15) is 44.5 Å². The standard InChI is InChI=1S/4C14H13NO2.4CH4O.4Ni/c4*1-10-6-7-14(17)12(8-10)15-9-11-4-2-3-5-13(11)16;4*1-2;;;;/h4*2-9,16-17H,1H3;4*2H,1H3;;;;/q;;;;;;;;4*+2/p-8. The van der Waals surface area contributed by atoms with Gasteiger partial charge in [-0.1, -0.05) is 169 Å². The maximum absolute atomic E-state index is 11.5. The quantitative estimate of drug-likeness (QED) is 0.101. The number of aliphatic imine (C=N–C) groups is 4. The van der Waals surface area contributed by atoms with Crippen LogP contribution in [0.5, 0.6) is 46.0 Å². The molecule has 8 aromatic carbocycles. The number of nitrogens with zero attached hydrogens (tertiary/aromatic N) is 4. The smallest absolute Gasteiger partial charge is 0.872 e. The van der Waals surface area contributed by atoms with Crippen molar-refractivity contribution < 1.29 is 127 Å². The molecule has 0 saturated heterocycles. The summed E-state index contributed by atoms with van der Waals surface area (Å²) in [6.45, 7) is 7.56. The Hall–Kier alpha value is -7.35. The molecule has 0 saturated carbocycles. The molecule has 8 aromatic rings. The van der Waals surface area contributed by atoms with E-state index in [1.54, 1.807) is 121 Å². The maximum Gasteiger partial charge on any atom is 2.00 e. The van der Waals surface area contributed by atoms with Crippen molar-refractivity contribution in [3.8, 4) is 46.0 Å². The van der Waals surface area contributed by atoms with Crippen LogP contribution in [0.4, 0.5) is 22.7 Å². The minimum absolute atomic E-state index is 0. The molecule has 0 amide bonds. The minimum Gasteiger partial charge on any atom is -0.872 e. The number of aliphatic hydroxyl groups excluding tert-OH is 4. The first-order valence-electron chi connectivity index (χ1n) is 22.8. The predicted octanol–water partition coefficient (Wildman–Crippen LogP) is 6.00. The van der Waals surface area contributed by atoms with Crippen molar-refractivity contribution in [3.05, 3.63) is 214 Å². The SMILES string of the molecule is CO.CO.CO.CO.Cc1ccc([O-])c(N=Cc2ccccc2[O-])c1.Cc1ccc([O-])c(N=Cc2ccccc2[O-])c1.Cc1ccc([O-])c(N=Cc2ccccc2[O-])c1.Cc1ccc([O-])c(N=Cc2ccccc2[O-])c1.[Ni+2].[Ni+2].[Ni+2].[Ni+2]. The van der Waals surface area contributed by atoms with E-state index in [4.69, 9.17) is 20.4 Å². The summed E-state index contributed by atoms with van der Waals surface area (Å²) in [4.78, 5) is 16.2. The van der Waals surface area contributed by atoms with Crippen molar-refractivity contribution in [1.82, 2.24) is 0 Å². The third-order valence-corrected chi connectivity index (χ3v) is 9.50. The van der Waals surface area contributed by atoms with Gasteiger partial charge in [-0.3, -0.25) is 20.0 Å². The zero-order valence-corrected chi connectivity index (χ0v) is 48.5. The monoisotopic (exact) mass is 1260 g/mol. The second kappa shape index (κ2) is 45.5. The van der Waals surface area contributed by atoms with E-state index in [-0.39, 0.29) is 112 Å². The van der Waals surface area contributed by atoms with Gasteiger partial charge >= 0.3 is 66.0 Å². The molecule has 0 aromatic heterocycles. The van der Waals surface area contributed by atoms with Gasteiger partial charge in [-0.25, -0.2) is 0 Å². The number of hydrogen-bond donors (Lipinski definition) is 4. The number of aryl methyl sites for hydroxylation is 4. The van der Waals surface area contributed by atoms with Crippen molar-refractivity contribution >= 4 is 47.6 Å². The van der Waals surface area contributed by atoms with Crippen LogP contribution in [-0.2, 0) is 66.0 Å². The van der Waals surface area contributed by atoms with E-state index in [0.717, 1.165) is 50.7 Å². The molecule has 432 valence electrons. The Morgan fingerprint density at radius 1 is 0.250 bits per heavy atom. The van der Waals surface area contributed by atoms with Crippen molar-refractivity contribution in [2.24, 2.45) is 20.0 Å². The van der Waals surface area contributed by atoms with Crippen LogP contribution in [0.3, 0.4) is 0 Å². The molecule has 0 atom stereocenters. The Balaban J connectivity index is -0.000000454. The summed E-state index contributed by atoms with van der Waals surface area (Å²) < 4.78 is 0. The minimum atomic E-state index is -0.143. The molecule has 4 N–H and O–H groups in total. The van der Waals surface area contributed by atoms with Gasteiger partial charge in [0.05, 0.1) is 22.7 Å². The van der Waals surface area contributed by atoms with Gasteiger partial charge in [0, 0.05) is 53.3 Å². The summed E-state index contributed by atoms with van der Waals surface area (Å²) in [6, 6.07) is 46.0. The molecule has 0 fully saturated rings. The van der Waals surface area contributed by atoms with E-state index in [9.17, 15) is 40.9 Å². The van der Waals surface area contributed by atoms with E-state index in [1.807, 2.05) is 27.7 Å². The molecule has 0 heterocycles. The van der Waals surface area contributed by atoms with E-state index in [1.165, 1.54) is 73.4 Å². The van der Waals surface area contributed by atoms with Gasteiger partial charge in [-0.15, -0.1) is 23.0 Å². The van der Waals surface area contributed by atoms with Crippen molar-refractivity contribution in [3.63, 3.8) is 0 Å². The predicted molar refractivity (Wildman–Crippen MR) is 288 cm³/mol. The van der Waals surface area contributed by atoms with Crippen LogP contribution in [-0.4, -0.2) is 73.7 Å². The topological polar surface area (TPSA) is 315 Å². The van der Waals surface area contributed by atoms with Crippen molar-refractivity contribution in [1.29, 1.82) is 0 Å². The zero-order chi connectivity index (χ0) is 57.0. The van der Waals surface area contributed by atoms with Gasteiger partial charge in [0.1, 0.15) is 0 Å². The fraction of sp³-hybridized carbons (Fsp3) is 0.133. The van der Waals surface area contributed by atoms with E-state index in [2.05, 4.69) is 20.0 Å². The third-order valence-electron chi connectivity index (χ3n) is 9.50. The second-order valence-electron chi connectivity index (χ2n) is 15.1. The first-order chi connectivity index (χ1) is 36.7. The Morgan fingerprint density at radius 2 is 0.412 bits per heavy atom. The summed E-state index contributed by atoms with van der Waals surface area (Å²) in [5.41, 5.74) is 7.20. The first kappa shape index (κ1) is 79.1. The Labute approximate surface area is 508 Å². The largest absolute Gasteiger partial charge is 2.00 e. The number of rotatable bonds is 8. The van der Waals surface area contributed by atoms with Crippen molar-refractivity contribution in [2.45, 2.75) is 27.7 Å². The Morgan fingerprint density at radius 3 is 0.575 bits per heavy atom. The van der Waals surface area contributed by atoms with E-state index < -0.39 is 0 Å². The summed E-state index contributed by atoms with van der Waals surface area (Å²) >= 11 is 0. The maximum atomic E-state index is 11.5. The summed E-state index contributed by atoms with van der Waals surface area (Å²) in [5.74, 6) is -0.976. The molecule has 20 heteroatoms. The van der Waals surface area contributed by atoms with Crippen LogP contribution in [0, 0.1) is 27.7 Å². The van der Waals surface area contributed by atoms with Crippen LogP contribution in [0.25, 0.3) is 0 Å².